The molecule has 2 aromatic heterocycles. The van der Waals surface area contributed by atoms with Crippen molar-refractivity contribution in [1.29, 1.82) is 0 Å². The molecule has 3 rings (SSSR count). The molecule has 0 unspecified atom stereocenters. The van der Waals surface area contributed by atoms with Crippen LogP contribution in [0.4, 0.5) is 0 Å². The molecule has 0 N–H and O–H groups in total. The molecule has 0 amide bonds. The summed E-state index contributed by atoms with van der Waals surface area (Å²) in [7, 11) is 3.10. The van der Waals surface area contributed by atoms with Gasteiger partial charge in [-0.15, -0.1) is 0 Å². The molecular weight excluding hydrogens is 370 g/mol. The average molecular weight is 387 g/mol. The Labute approximate surface area is 158 Å². The van der Waals surface area contributed by atoms with Gasteiger partial charge in [0.2, 0.25) is 4.96 Å². The summed E-state index contributed by atoms with van der Waals surface area (Å²) < 4.78 is 16.8. The number of aromatic nitrogens is 3. The molecule has 1 aromatic carbocycles. The van der Waals surface area contributed by atoms with Crippen LogP contribution in [0.1, 0.15) is 16.3 Å². The topological polar surface area (TPSA) is 92.0 Å². The highest BCUT2D eigenvalue weighted by atomic mass is 32.1. The van der Waals surface area contributed by atoms with E-state index in [0.717, 1.165) is 0 Å². The first-order chi connectivity index (χ1) is 13.0. The van der Waals surface area contributed by atoms with Crippen molar-refractivity contribution in [1.82, 2.24) is 14.6 Å². The molecule has 0 aliphatic heterocycles. The second-order valence-corrected chi connectivity index (χ2v) is 6.52. The van der Waals surface area contributed by atoms with E-state index in [-0.39, 0.29) is 12.2 Å². The summed E-state index contributed by atoms with van der Waals surface area (Å²) in [6.45, 7) is 1.68. The Balaban J connectivity index is 1.69. The summed E-state index contributed by atoms with van der Waals surface area (Å²) in [5, 5.41) is 4.59. The van der Waals surface area contributed by atoms with Crippen molar-refractivity contribution < 1.29 is 19.0 Å². The van der Waals surface area contributed by atoms with E-state index in [2.05, 4.69) is 10.1 Å². The number of aryl methyl sites for hydroxylation is 1. The molecule has 0 aliphatic rings. The monoisotopic (exact) mass is 387 g/mol. The molecule has 0 saturated carbocycles. The van der Waals surface area contributed by atoms with E-state index in [0.29, 0.717) is 32.7 Å². The van der Waals surface area contributed by atoms with Crippen LogP contribution in [-0.2, 0) is 16.1 Å². The smallest absolute Gasteiger partial charge is 0.331 e. The van der Waals surface area contributed by atoms with Crippen molar-refractivity contribution >= 4 is 28.3 Å². The van der Waals surface area contributed by atoms with Crippen molar-refractivity contribution in [3.05, 3.63) is 57.0 Å². The number of nitrogens with zero attached hydrogens (tertiary/aromatic N) is 3. The lowest BCUT2D eigenvalue weighted by Crippen LogP contribution is -2.14. The van der Waals surface area contributed by atoms with Gasteiger partial charge in [-0.25, -0.2) is 9.78 Å². The van der Waals surface area contributed by atoms with Crippen LogP contribution in [0.2, 0.25) is 0 Å². The maximum Gasteiger partial charge on any atom is 0.331 e. The summed E-state index contributed by atoms with van der Waals surface area (Å²) in [6, 6.07) is 6.65. The molecule has 0 saturated heterocycles. The zero-order valence-electron chi connectivity index (χ0n) is 15.0. The summed E-state index contributed by atoms with van der Waals surface area (Å²) in [4.78, 5) is 28.5. The van der Waals surface area contributed by atoms with E-state index in [1.165, 1.54) is 28.0 Å². The maximum atomic E-state index is 12.0. The van der Waals surface area contributed by atoms with Crippen LogP contribution in [0.15, 0.2) is 35.1 Å². The van der Waals surface area contributed by atoms with Gasteiger partial charge in [-0.1, -0.05) is 11.3 Å². The fourth-order valence-electron chi connectivity index (χ4n) is 2.33. The number of methoxy groups -OCH3 is 2. The maximum absolute atomic E-state index is 12.0. The van der Waals surface area contributed by atoms with Crippen LogP contribution in [0.5, 0.6) is 11.5 Å². The van der Waals surface area contributed by atoms with Gasteiger partial charge in [0.25, 0.3) is 5.56 Å². The van der Waals surface area contributed by atoms with Crippen molar-refractivity contribution in [3.63, 3.8) is 0 Å². The molecule has 9 heteroatoms. The molecule has 2 heterocycles. The molecule has 8 nitrogen and oxygen atoms in total. The Morgan fingerprint density at radius 1 is 1.26 bits per heavy atom. The lowest BCUT2D eigenvalue weighted by atomic mass is 10.1. The van der Waals surface area contributed by atoms with Crippen molar-refractivity contribution in [2.24, 2.45) is 0 Å². The van der Waals surface area contributed by atoms with Gasteiger partial charge >= 0.3 is 5.97 Å². The van der Waals surface area contributed by atoms with E-state index >= 15 is 0 Å². The molecule has 0 aliphatic carbocycles. The highest BCUT2D eigenvalue weighted by Gasteiger charge is 2.09. The average Bonchev–Trinajstić information content (AvgIpc) is 3.07. The van der Waals surface area contributed by atoms with E-state index < -0.39 is 5.97 Å². The van der Waals surface area contributed by atoms with Crippen molar-refractivity contribution in [2.75, 3.05) is 14.2 Å². The third-order valence-corrected chi connectivity index (χ3v) is 4.47. The number of hydrogen-bond donors (Lipinski definition) is 0. The zero-order chi connectivity index (χ0) is 19.4. The number of hydrogen-bond acceptors (Lipinski definition) is 8. The molecule has 140 valence electrons. The van der Waals surface area contributed by atoms with Crippen LogP contribution < -0.4 is 15.0 Å². The van der Waals surface area contributed by atoms with Gasteiger partial charge in [-0.2, -0.15) is 9.61 Å². The number of rotatable bonds is 6. The van der Waals surface area contributed by atoms with E-state index in [4.69, 9.17) is 14.2 Å². The highest BCUT2D eigenvalue weighted by molar-refractivity contribution is 7.16. The zero-order valence-corrected chi connectivity index (χ0v) is 15.8. The third-order valence-electron chi connectivity index (χ3n) is 3.59. The summed E-state index contributed by atoms with van der Waals surface area (Å²) >= 11 is 1.20. The van der Waals surface area contributed by atoms with Crippen LogP contribution in [0, 0.1) is 6.92 Å². The normalized spacial score (nSPS) is 11.1. The predicted octanol–water partition coefficient (Wildman–Crippen LogP) is 2.23. The first kappa shape index (κ1) is 18.6. The molecule has 0 atom stereocenters. The third kappa shape index (κ3) is 4.32. The first-order valence-electron chi connectivity index (χ1n) is 7.93. The second kappa shape index (κ2) is 8.00. The van der Waals surface area contributed by atoms with Gasteiger partial charge in [0.15, 0.2) is 5.01 Å². The minimum Gasteiger partial charge on any atom is -0.497 e. The van der Waals surface area contributed by atoms with Crippen LogP contribution in [0.3, 0.4) is 0 Å². The van der Waals surface area contributed by atoms with Gasteiger partial charge < -0.3 is 14.2 Å². The lowest BCUT2D eigenvalue weighted by Gasteiger charge is -2.07. The Morgan fingerprint density at radius 2 is 2.07 bits per heavy atom. The van der Waals surface area contributed by atoms with Gasteiger partial charge in [0, 0.05) is 23.4 Å². The SMILES string of the molecule is COc1ccc(OC)c(/C=C/C(=O)OCc2nn3c(=O)cc(C)nc3s2)c1. The molecule has 0 bridgehead atoms. The second-order valence-electron chi connectivity index (χ2n) is 5.47. The number of esters is 1. The Bertz CT molecular complexity index is 1070. The molecule has 0 fully saturated rings. The van der Waals surface area contributed by atoms with Gasteiger partial charge in [0.05, 0.1) is 14.2 Å². The van der Waals surface area contributed by atoms with E-state index in [1.54, 1.807) is 45.4 Å². The van der Waals surface area contributed by atoms with Crippen LogP contribution in [-0.4, -0.2) is 34.8 Å². The molecule has 0 spiro atoms. The summed E-state index contributed by atoms with van der Waals surface area (Å²) in [5.41, 5.74) is 1.03. The molecule has 0 radical (unpaired) electrons. The largest absolute Gasteiger partial charge is 0.497 e. The number of fused-ring (bicyclic) bond motifs is 1. The Hall–Kier alpha value is -3.20. The van der Waals surface area contributed by atoms with Gasteiger partial charge in [-0.05, 0) is 31.2 Å². The lowest BCUT2D eigenvalue weighted by molar-refractivity contribution is -0.138. The highest BCUT2D eigenvalue weighted by Crippen LogP contribution is 2.25. The van der Waals surface area contributed by atoms with Crippen LogP contribution in [0.25, 0.3) is 11.0 Å². The predicted molar refractivity (Wildman–Crippen MR) is 100 cm³/mol. The number of ether oxygens (including phenoxy) is 3. The molecular formula is C18H17N3O5S. The first-order valence-corrected chi connectivity index (χ1v) is 8.75. The number of carbonyl (C=O) groups excluding carboxylic acids is 1. The summed E-state index contributed by atoms with van der Waals surface area (Å²) in [6.07, 6.45) is 2.87. The van der Waals surface area contributed by atoms with Crippen molar-refractivity contribution in [3.8, 4) is 11.5 Å². The van der Waals surface area contributed by atoms with Gasteiger partial charge in [-0.3, -0.25) is 4.79 Å². The van der Waals surface area contributed by atoms with Gasteiger partial charge in [0.1, 0.15) is 18.1 Å². The number of benzene rings is 1. The van der Waals surface area contributed by atoms with E-state index in [9.17, 15) is 9.59 Å². The Kier molecular flexibility index (Phi) is 5.51. The Morgan fingerprint density at radius 3 is 2.81 bits per heavy atom. The molecule has 27 heavy (non-hydrogen) atoms. The minimum absolute atomic E-state index is 0.0507. The minimum atomic E-state index is -0.546. The fraction of sp³-hybridized carbons (Fsp3) is 0.222. The van der Waals surface area contributed by atoms with Crippen LogP contribution >= 0.6 is 11.3 Å². The quantitative estimate of drug-likeness (QED) is 0.473. The number of carbonyl (C=O) groups is 1. The van der Waals surface area contributed by atoms with Crippen molar-refractivity contribution in [2.45, 2.75) is 13.5 Å². The summed E-state index contributed by atoms with van der Waals surface area (Å²) in [5.74, 6) is 0.703. The fourth-order valence-corrected chi connectivity index (χ4v) is 3.18. The molecule has 3 aromatic rings. The van der Waals surface area contributed by atoms with E-state index in [1.807, 2.05) is 0 Å². The standard InChI is InChI=1S/C18H17N3O5S/c1-11-8-16(22)21-18(19-11)27-15(20-21)10-26-17(23)7-4-12-9-13(24-2)5-6-14(12)25-3/h4-9H,10H2,1-3H3/b7-4+.